The van der Waals surface area contributed by atoms with Gasteiger partial charge in [-0.1, -0.05) is 44.2 Å². The second-order valence-corrected chi connectivity index (χ2v) is 6.57. The van der Waals surface area contributed by atoms with Gasteiger partial charge in [0.15, 0.2) is 0 Å². The van der Waals surface area contributed by atoms with Crippen LogP contribution in [0.15, 0.2) is 30.3 Å². The standard InChI is InChI=1S/C19H31N3O.2ClH/c1-4-22(5-2)17(16-11-7-6-8-12-16)15-20-18(23)19(3)13-9-10-14-21-19;;/h6-8,11-12,17,21H,4-5,9-10,13-15H2,1-3H3,(H,20,23);2*1H. The monoisotopic (exact) mass is 389 g/mol. The Morgan fingerprint density at radius 2 is 1.84 bits per heavy atom. The molecule has 1 heterocycles. The van der Waals surface area contributed by atoms with Gasteiger partial charge in [-0.2, -0.15) is 0 Å². The number of nitrogens with zero attached hydrogens (tertiary/aromatic N) is 1. The lowest BCUT2D eigenvalue weighted by atomic mass is 9.90. The van der Waals surface area contributed by atoms with E-state index in [4.69, 9.17) is 0 Å². The third-order valence-electron chi connectivity index (χ3n) is 5.01. The minimum atomic E-state index is -0.414. The zero-order valence-corrected chi connectivity index (χ0v) is 17.2. The number of rotatable bonds is 7. The smallest absolute Gasteiger partial charge is 0.240 e. The summed E-state index contributed by atoms with van der Waals surface area (Å²) >= 11 is 0. The molecule has 1 aliphatic rings. The number of halogens is 2. The molecule has 0 aliphatic carbocycles. The van der Waals surface area contributed by atoms with E-state index in [0.717, 1.165) is 38.9 Å². The summed E-state index contributed by atoms with van der Waals surface area (Å²) in [5, 5.41) is 6.59. The highest BCUT2D eigenvalue weighted by atomic mass is 35.5. The predicted octanol–water partition coefficient (Wildman–Crippen LogP) is 3.56. The van der Waals surface area contributed by atoms with Crippen molar-refractivity contribution in [3.63, 3.8) is 0 Å². The van der Waals surface area contributed by atoms with Gasteiger partial charge in [-0.15, -0.1) is 24.8 Å². The van der Waals surface area contributed by atoms with Crippen molar-refractivity contribution in [2.75, 3.05) is 26.2 Å². The summed E-state index contributed by atoms with van der Waals surface area (Å²) in [6.07, 6.45) is 3.20. The predicted molar refractivity (Wildman–Crippen MR) is 110 cm³/mol. The zero-order valence-electron chi connectivity index (χ0n) is 15.6. The Kier molecular flexibility index (Phi) is 11.4. The van der Waals surface area contributed by atoms with Crippen LogP contribution in [0.3, 0.4) is 0 Å². The molecule has 1 fully saturated rings. The molecular weight excluding hydrogens is 357 g/mol. The van der Waals surface area contributed by atoms with Crippen molar-refractivity contribution in [1.29, 1.82) is 0 Å². The Morgan fingerprint density at radius 1 is 1.20 bits per heavy atom. The first kappa shape index (κ1) is 24.2. The molecule has 1 aliphatic heterocycles. The number of hydrogen-bond donors (Lipinski definition) is 2. The van der Waals surface area contributed by atoms with Crippen molar-refractivity contribution in [2.45, 2.75) is 51.6 Å². The first-order chi connectivity index (χ1) is 11.1. The van der Waals surface area contributed by atoms with Gasteiger partial charge in [0.1, 0.15) is 0 Å². The van der Waals surface area contributed by atoms with Crippen LogP contribution in [-0.4, -0.2) is 42.5 Å². The van der Waals surface area contributed by atoms with E-state index in [1.165, 1.54) is 5.56 Å². The third kappa shape index (κ3) is 6.45. The molecular formula is C19H33Cl2N3O. The molecule has 0 aromatic heterocycles. The Bertz CT molecular complexity index is 489. The first-order valence-corrected chi connectivity index (χ1v) is 8.93. The molecule has 0 bridgehead atoms. The molecule has 1 saturated heterocycles. The molecule has 1 aromatic carbocycles. The molecule has 2 unspecified atom stereocenters. The number of piperidine rings is 1. The van der Waals surface area contributed by atoms with Gasteiger partial charge in [0, 0.05) is 6.54 Å². The summed E-state index contributed by atoms with van der Waals surface area (Å²) in [6, 6.07) is 10.7. The highest BCUT2D eigenvalue weighted by molar-refractivity contribution is 5.86. The summed E-state index contributed by atoms with van der Waals surface area (Å²) in [6.45, 7) is 9.90. The summed E-state index contributed by atoms with van der Waals surface area (Å²) in [7, 11) is 0. The molecule has 144 valence electrons. The SMILES string of the molecule is CCN(CC)C(CNC(=O)C1(C)CCCCN1)c1ccccc1.Cl.Cl. The van der Waals surface area contributed by atoms with E-state index in [-0.39, 0.29) is 36.8 Å². The Morgan fingerprint density at radius 3 is 2.36 bits per heavy atom. The maximum Gasteiger partial charge on any atom is 0.240 e. The summed E-state index contributed by atoms with van der Waals surface area (Å²) in [4.78, 5) is 15.1. The molecule has 1 amide bonds. The summed E-state index contributed by atoms with van der Waals surface area (Å²) in [5.41, 5.74) is 0.848. The van der Waals surface area contributed by atoms with Crippen molar-refractivity contribution < 1.29 is 4.79 Å². The largest absolute Gasteiger partial charge is 0.353 e. The Labute approximate surface area is 164 Å². The fraction of sp³-hybridized carbons (Fsp3) is 0.632. The van der Waals surface area contributed by atoms with E-state index in [9.17, 15) is 4.79 Å². The summed E-state index contributed by atoms with van der Waals surface area (Å²) in [5.74, 6) is 0.130. The minimum absolute atomic E-state index is 0. The van der Waals surface area contributed by atoms with Gasteiger partial charge in [0.25, 0.3) is 0 Å². The van der Waals surface area contributed by atoms with Crippen molar-refractivity contribution in [3.05, 3.63) is 35.9 Å². The number of nitrogens with one attached hydrogen (secondary N) is 2. The highest BCUT2D eigenvalue weighted by Gasteiger charge is 2.34. The maximum absolute atomic E-state index is 12.7. The van der Waals surface area contributed by atoms with Crippen LogP contribution in [-0.2, 0) is 4.79 Å². The normalized spacial score (nSPS) is 21.0. The summed E-state index contributed by atoms with van der Waals surface area (Å²) < 4.78 is 0. The molecule has 0 spiro atoms. The molecule has 2 N–H and O–H groups in total. The van der Waals surface area contributed by atoms with Gasteiger partial charge in [-0.3, -0.25) is 9.69 Å². The van der Waals surface area contributed by atoms with Gasteiger partial charge in [0.2, 0.25) is 5.91 Å². The van der Waals surface area contributed by atoms with Crippen LogP contribution in [0.1, 0.15) is 51.6 Å². The second kappa shape index (κ2) is 11.7. The lowest BCUT2D eigenvalue weighted by molar-refractivity contribution is -0.128. The molecule has 6 heteroatoms. The number of carbonyl (C=O) groups is 1. The topological polar surface area (TPSA) is 44.4 Å². The Balaban J connectivity index is 0.00000288. The van der Waals surface area contributed by atoms with Crippen molar-refractivity contribution in [3.8, 4) is 0 Å². The third-order valence-corrected chi connectivity index (χ3v) is 5.01. The van der Waals surface area contributed by atoms with Crippen LogP contribution >= 0.6 is 24.8 Å². The van der Waals surface area contributed by atoms with Crippen molar-refractivity contribution in [1.82, 2.24) is 15.5 Å². The lowest BCUT2D eigenvalue weighted by Crippen LogP contribution is -2.57. The van der Waals surface area contributed by atoms with E-state index in [2.05, 4.69) is 53.6 Å². The van der Waals surface area contributed by atoms with E-state index >= 15 is 0 Å². The van der Waals surface area contributed by atoms with Gasteiger partial charge >= 0.3 is 0 Å². The van der Waals surface area contributed by atoms with Gasteiger partial charge in [-0.25, -0.2) is 0 Å². The minimum Gasteiger partial charge on any atom is -0.353 e. The molecule has 2 rings (SSSR count). The van der Waals surface area contributed by atoms with E-state index in [0.29, 0.717) is 6.54 Å². The Hall–Kier alpha value is -0.810. The number of likely N-dealkylation sites (N-methyl/N-ethyl adjacent to an activating group) is 1. The van der Waals surface area contributed by atoms with Crippen LogP contribution < -0.4 is 10.6 Å². The van der Waals surface area contributed by atoms with Crippen LogP contribution in [0.25, 0.3) is 0 Å². The van der Waals surface area contributed by atoms with E-state index in [1.54, 1.807) is 0 Å². The molecule has 0 radical (unpaired) electrons. The van der Waals surface area contributed by atoms with E-state index < -0.39 is 5.54 Å². The fourth-order valence-corrected chi connectivity index (χ4v) is 3.43. The zero-order chi connectivity index (χ0) is 16.7. The van der Waals surface area contributed by atoms with Crippen LogP contribution in [0.4, 0.5) is 0 Å². The van der Waals surface area contributed by atoms with Gasteiger partial charge < -0.3 is 10.6 Å². The van der Waals surface area contributed by atoms with Gasteiger partial charge in [-0.05, 0) is 51.4 Å². The average Bonchev–Trinajstić information content (AvgIpc) is 2.59. The number of hydrogen-bond acceptors (Lipinski definition) is 3. The maximum atomic E-state index is 12.7. The number of carbonyl (C=O) groups excluding carboxylic acids is 1. The molecule has 25 heavy (non-hydrogen) atoms. The quantitative estimate of drug-likeness (QED) is 0.748. The highest BCUT2D eigenvalue weighted by Crippen LogP contribution is 2.22. The van der Waals surface area contributed by atoms with Crippen molar-refractivity contribution in [2.24, 2.45) is 0 Å². The number of benzene rings is 1. The van der Waals surface area contributed by atoms with Crippen molar-refractivity contribution >= 4 is 30.7 Å². The van der Waals surface area contributed by atoms with Crippen LogP contribution in [0.5, 0.6) is 0 Å². The first-order valence-electron chi connectivity index (χ1n) is 8.93. The molecule has 0 saturated carbocycles. The molecule has 1 aromatic rings. The van der Waals surface area contributed by atoms with E-state index in [1.807, 2.05) is 13.0 Å². The lowest BCUT2D eigenvalue weighted by Gasteiger charge is -2.35. The van der Waals surface area contributed by atoms with Gasteiger partial charge in [0.05, 0.1) is 11.6 Å². The van der Waals surface area contributed by atoms with Crippen LogP contribution in [0.2, 0.25) is 0 Å². The second-order valence-electron chi connectivity index (χ2n) is 6.57. The number of amides is 1. The molecule has 4 nitrogen and oxygen atoms in total. The molecule has 2 atom stereocenters. The fourth-order valence-electron chi connectivity index (χ4n) is 3.43. The average molecular weight is 390 g/mol. The van der Waals surface area contributed by atoms with Crippen LogP contribution in [0, 0.1) is 0 Å².